The number of nitrogens with one attached hydrogen (secondary N) is 2. The van der Waals surface area contributed by atoms with Crippen LogP contribution in [-0.2, 0) is 7.05 Å². The number of nitrogens with zero attached hydrogens (tertiary/aromatic N) is 4. The lowest BCUT2D eigenvalue weighted by molar-refractivity contribution is -0.0194. The first-order valence-corrected chi connectivity index (χ1v) is 8.05. The van der Waals surface area contributed by atoms with Crippen molar-refractivity contribution in [3.63, 3.8) is 0 Å². The van der Waals surface area contributed by atoms with Gasteiger partial charge in [0.15, 0.2) is 11.5 Å². The lowest BCUT2D eigenvalue weighted by atomic mass is 9.49. The van der Waals surface area contributed by atoms with Gasteiger partial charge in [-0.25, -0.2) is 9.48 Å². The van der Waals surface area contributed by atoms with Gasteiger partial charge >= 0.3 is 6.09 Å². The molecule has 2 aromatic rings. The van der Waals surface area contributed by atoms with E-state index in [1.54, 1.807) is 19.2 Å². The molecule has 130 valence electrons. The van der Waals surface area contributed by atoms with Crippen LogP contribution >= 0.6 is 11.6 Å². The molecule has 3 saturated carbocycles. The number of carboxylic acid groups (broad SMARTS) is 1. The van der Waals surface area contributed by atoms with Gasteiger partial charge in [-0.15, -0.1) is 16.7 Å². The molecule has 0 atom stereocenters. The number of halogens is 1. The molecule has 3 aliphatic carbocycles. The fraction of sp³-hybridized carbons (Fsp3) is 0.400. The van der Waals surface area contributed by atoms with Gasteiger partial charge in [-0.3, -0.25) is 15.1 Å². The summed E-state index contributed by atoms with van der Waals surface area (Å²) in [5.41, 5.74) is 0.980. The van der Waals surface area contributed by atoms with E-state index in [0.717, 1.165) is 19.3 Å². The number of carbonyl (C=O) groups is 2. The van der Waals surface area contributed by atoms with E-state index in [-0.39, 0.29) is 22.1 Å². The number of rotatable bonds is 4. The van der Waals surface area contributed by atoms with Crippen LogP contribution in [0.4, 0.5) is 10.6 Å². The van der Waals surface area contributed by atoms with Crippen molar-refractivity contribution in [3.05, 3.63) is 23.9 Å². The number of pyridine rings is 1. The largest absolute Gasteiger partial charge is 0.465 e. The molecule has 0 radical (unpaired) electrons. The summed E-state index contributed by atoms with van der Waals surface area (Å²) in [5.74, 6) is 0.0129. The number of amides is 2. The Hall–Kier alpha value is -2.68. The highest BCUT2D eigenvalue weighted by molar-refractivity contribution is 6.26. The van der Waals surface area contributed by atoms with Crippen LogP contribution in [0.3, 0.4) is 0 Å². The van der Waals surface area contributed by atoms with Crippen LogP contribution in [-0.4, -0.2) is 47.5 Å². The third-order valence-corrected chi connectivity index (χ3v) is 5.07. The Morgan fingerprint density at radius 2 is 2.04 bits per heavy atom. The quantitative estimate of drug-likeness (QED) is 0.710. The second-order valence-electron chi connectivity index (χ2n) is 6.69. The average Bonchev–Trinajstić information content (AvgIpc) is 2.85. The van der Waals surface area contributed by atoms with E-state index in [1.165, 1.54) is 10.9 Å². The van der Waals surface area contributed by atoms with Crippen molar-refractivity contribution < 1.29 is 14.7 Å². The summed E-state index contributed by atoms with van der Waals surface area (Å²) >= 11 is 6.20. The standard InChI is InChI=1S/C15H15ClN6O3/c1-22-11(18-13(24)25)10(20-21-22)9-3-2-8(4-17-9)12(23)19-15-5-14(16,6-15)7-15/h2-4,18H,5-7H2,1H3,(H,19,23)(H,24,25). The van der Waals surface area contributed by atoms with Gasteiger partial charge in [0, 0.05) is 18.8 Å². The Labute approximate surface area is 147 Å². The smallest absolute Gasteiger partial charge is 0.410 e. The second kappa shape index (κ2) is 5.16. The van der Waals surface area contributed by atoms with E-state index >= 15 is 0 Å². The van der Waals surface area contributed by atoms with Crippen LogP contribution in [0.15, 0.2) is 18.3 Å². The Kier molecular flexibility index (Phi) is 3.26. The Morgan fingerprint density at radius 1 is 1.32 bits per heavy atom. The monoisotopic (exact) mass is 362 g/mol. The van der Waals surface area contributed by atoms with Crippen molar-refractivity contribution in [1.82, 2.24) is 25.3 Å². The summed E-state index contributed by atoms with van der Waals surface area (Å²) in [5, 5.41) is 21.9. The van der Waals surface area contributed by atoms with Gasteiger partial charge in [-0.2, -0.15) is 0 Å². The molecule has 10 heteroatoms. The van der Waals surface area contributed by atoms with Crippen molar-refractivity contribution in [2.75, 3.05) is 5.32 Å². The molecule has 3 N–H and O–H groups in total. The maximum atomic E-state index is 12.3. The summed E-state index contributed by atoms with van der Waals surface area (Å²) in [6.07, 6.45) is 2.64. The van der Waals surface area contributed by atoms with E-state index in [1.807, 2.05) is 0 Å². The highest BCUT2D eigenvalue weighted by Crippen LogP contribution is 2.64. The van der Waals surface area contributed by atoms with Gasteiger partial charge in [0.25, 0.3) is 5.91 Å². The highest BCUT2D eigenvalue weighted by atomic mass is 35.5. The minimum atomic E-state index is -1.22. The van der Waals surface area contributed by atoms with E-state index in [9.17, 15) is 9.59 Å². The molecular weight excluding hydrogens is 348 g/mol. The lowest BCUT2D eigenvalue weighted by Gasteiger charge is -2.67. The average molecular weight is 363 g/mol. The zero-order chi connectivity index (χ0) is 17.8. The van der Waals surface area contributed by atoms with E-state index in [2.05, 4.69) is 25.9 Å². The summed E-state index contributed by atoms with van der Waals surface area (Å²) < 4.78 is 1.30. The third-order valence-electron chi connectivity index (χ3n) is 4.66. The number of anilines is 1. The molecule has 2 heterocycles. The maximum Gasteiger partial charge on any atom is 0.410 e. The van der Waals surface area contributed by atoms with Crippen LogP contribution in [0.25, 0.3) is 11.4 Å². The first-order valence-electron chi connectivity index (χ1n) is 7.67. The Bertz CT molecular complexity index is 858. The molecule has 0 spiro atoms. The summed E-state index contributed by atoms with van der Waals surface area (Å²) in [4.78, 5) is 27.3. The first-order chi connectivity index (χ1) is 11.8. The van der Waals surface area contributed by atoms with Crippen molar-refractivity contribution in [1.29, 1.82) is 0 Å². The van der Waals surface area contributed by atoms with Crippen molar-refractivity contribution in [2.45, 2.75) is 29.7 Å². The number of aromatic nitrogens is 4. The number of alkyl halides is 1. The molecule has 3 aliphatic rings. The second-order valence-corrected chi connectivity index (χ2v) is 7.49. The van der Waals surface area contributed by atoms with Crippen LogP contribution < -0.4 is 10.6 Å². The molecule has 3 fully saturated rings. The predicted octanol–water partition coefficient (Wildman–Crippen LogP) is 1.61. The van der Waals surface area contributed by atoms with Crippen LogP contribution in [0, 0.1) is 0 Å². The Morgan fingerprint density at radius 3 is 2.60 bits per heavy atom. The van der Waals surface area contributed by atoms with E-state index in [4.69, 9.17) is 16.7 Å². The van der Waals surface area contributed by atoms with Gasteiger partial charge in [-0.1, -0.05) is 5.21 Å². The number of hydrogen-bond acceptors (Lipinski definition) is 5. The highest BCUT2D eigenvalue weighted by Gasteiger charge is 2.67. The van der Waals surface area contributed by atoms with Crippen LogP contribution in [0.5, 0.6) is 0 Å². The summed E-state index contributed by atoms with van der Waals surface area (Å²) in [6, 6.07) is 3.23. The maximum absolute atomic E-state index is 12.3. The topological polar surface area (TPSA) is 122 Å². The molecule has 0 aromatic carbocycles. The number of hydrogen-bond donors (Lipinski definition) is 3. The molecule has 0 aliphatic heterocycles. The third kappa shape index (κ3) is 2.60. The summed E-state index contributed by atoms with van der Waals surface area (Å²) in [7, 11) is 1.57. The fourth-order valence-corrected chi connectivity index (χ4v) is 4.32. The van der Waals surface area contributed by atoms with Gasteiger partial charge in [-0.05, 0) is 31.4 Å². The number of aryl methyl sites for hydroxylation is 1. The SMILES string of the molecule is Cn1nnc(-c2ccc(C(=O)NC34CC(Cl)(C3)C4)cn2)c1NC(=O)O. The first kappa shape index (κ1) is 15.8. The van der Waals surface area contributed by atoms with Gasteiger partial charge in [0.1, 0.15) is 0 Å². The van der Waals surface area contributed by atoms with Gasteiger partial charge in [0.2, 0.25) is 0 Å². The van der Waals surface area contributed by atoms with Crippen molar-refractivity contribution >= 4 is 29.4 Å². The van der Waals surface area contributed by atoms with Crippen LogP contribution in [0.1, 0.15) is 29.6 Å². The van der Waals surface area contributed by atoms with E-state index in [0.29, 0.717) is 17.0 Å². The molecule has 2 amide bonds. The molecular formula is C15H15ClN6O3. The zero-order valence-electron chi connectivity index (χ0n) is 13.3. The molecule has 0 saturated heterocycles. The molecule has 0 unspecified atom stereocenters. The van der Waals surface area contributed by atoms with E-state index < -0.39 is 6.09 Å². The molecule has 9 nitrogen and oxygen atoms in total. The van der Waals surface area contributed by atoms with Crippen LogP contribution in [0.2, 0.25) is 0 Å². The normalized spacial score (nSPS) is 26.3. The van der Waals surface area contributed by atoms with Gasteiger partial charge in [0.05, 0.1) is 16.1 Å². The molecule has 2 bridgehead atoms. The van der Waals surface area contributed by atoms with Crippen molar-refractivity contribution in [2.24, 2.45) is 7.05 Å². The molecule has 25 heavy (non-hydrogen) atoms. The molecule has 2 aromatic heterocycles. The molecule has 5 rings (SSSR count). The predicted molar refractivity (Wildman–Crippen MR) is 88.5 cm³/mol. The number of carbonyl (C=O) groups excluding carboxylic acids is 1. The van der Waals surface area contributed by atoms with Crippen molar-refractivity contribution in [3.8, 4) is 11.4 Å². The minimum Gasteiger partial charge on any atom is -0.465 e. The Balaban J connectivity index is 1.51. The summed E-state index contributed by atoms with van der Waals surface area (Å²) in [6.45, 7) is 0. The fourth-order valence-electron chi connectivity index (χ4n) is 3.55. The van der Waals surface area contributed by atoms with Gasteiger partial charge < -0.3 is 10.4 Å². The zero-order valence-corrected chi connectivity index (χ0v) is 14.0. The minimum absolute atomic E-state index is 0.102. The lowest BCUT2D eigenvalue weighted by Crippen LogP contribution is -2.76.